The van der Waals surface area contributed by atoms with Crippen LogP contribution >= 0.6 is 0 Å². The first-order chi connectivity index (χ1) is 11.6. The second-order valence-corrected chi connectivity index (χ2v) is 5.72. The third-order valence-corrected chi connectivity index (χ3v) is 3.80. The van der Waals surface area contributed by atoms with Crippen LogP contribution in [0.4, 0.5) is 5.82 Å². The van der Waals surface area contributed by atoms with Gasteiger partial charge in [0.1, 0.15) is 23.2 Å². The summed E-state index contributed by atoms with van der Waals surface area (Å²) in [6, 6.07) is 13.1. The largest absolute Gasteiger partial charge is 0.508 e. The summed E-state index contributed by atoms with van der Waals surface area (Å²) < 4.78 is 5.50. The highest BCUT2D eigenvalue weighted by molar-refractivity contribution is 5.42. The summed E-state index contributed by atoms with van der Waals surface area (Å²) in [7, 11) is 0. The Balaban J connectivity index is 1.91. The first-order valence-corrected chi connectivity index (χ1v) is 8.04. The molecule has 24 heavy (non-hydrogen) atoms. The molecule has 0 aliphatic carbocycles. The predicted octanol–water partition coefficient (Wildman–Crippen LogP) is 3.85. The maximum Gasteiger partial charge on any atom is 0.133 e. The molecule has 124 valence electrons. The highest BCUT2D eigenvalue weighted by Gasteiger charge is 2.13. The van der Waals surface area contributed by atoms with Gasteiger partial charge in [0, 0.05) is 18.3 Å². The molecule has 0 bridgehead atoms. The number of aromatic nitrogens is 2. The molecule has 1 aromatic carbocycles. The van der Waals surface area contributed by atoms with Gasteiger partial charge in [-0.15, -0.1) is 0 Å². The lowest BCUT2D eigenvalue weighted by molar-refractivity contribution is 0.475. The molecule has 0 unspecified atom stereocenters. The molecule has 0 amide bonds. The molecule has 0 aliphatic rings. The molecule has 3 aromatic rings. The molecule has 1 N–H and O–H groups in total. The first-order valence-electron chi connectivity index (χ1n) is 8.04. The van der Waals surface area contributed by atoms with Crippen LogP contribution in [-0.4, -0.2) is 15.1 Å². The monoisotopic (exact) mass is 323 g/mol. The summed E-state index contributed by atoms with van der Waals surface area (Å²) in [6.45, 7) is 5.28. The third-order valence-electron chi connectivity index (χ3n) is 3.80. The van der Waals surface area contributed by atoms with Crippen LogP contribution in [0.3, 0.4) is 0 Å². The van der Waals surface area contributed by atoms with Crippen molar-refractivity contribution < 1.29 is 9.52 Å². The van der Waals surface area contributed by atoms with Crippen molar-refractivity contribution in [2.24, 2.45) is 0 Å². The van der Waals surface area contributed by atoms with Crippen molar-refractivity contribution in [1.29, 1.82) is 0 Å². The van der Waals surface area contributed by atoms with Crippen LogP contribution in [-0.2, 0) is 19.5 Å². The second-order valence-electron chi connectivity index (χ2n) is 5.72. The molecule has 0 atom stereocenters. The standard InChI is InChI=1S/C19H21N3O2/c1-3-16-11-19(21-14(2)20-16)22(13-18-5-4-10-24-18)12-15-6-8-17(23)9-7-15/h4-11,23H,3,12-13H2,1-2H3. The van der Waals surface area contributed by atoms with Crippen LogP contribution in [0, 0.1) is 6.92 Å². The normalized spacial score (nSPS) is 10.8. The number of hydrogen-bond acceptors (Lipinski definition) is 5. The lowest BCUT2D eigenvalue weighted by atomic mass is 10.2. The maximum atomic E-state index is 9.47. The van der Waals surface area contributed by atoms with Crippen LogP contribution in [0.5, 0.6) is 5.75 Å². The molecule has 3 rings (SSSR count). The van der Waals surface area contributed by atoms with Crippen LogP contribution < -0.4 is 4.90 Å². The second kappa shape index (κ2) is 7.17. The van der Waals surface area contributed by atoms with Crippen LogP contribution in [0.2, 0.25) is 0 Å². The molecule has 2 heterocycles. The summed E-state index contributed by atoms with van der Waals surface area (Å²) in [5.41, 5.74) is 2.11. The van der Waals surface area contributed by atoms with E-state index in [9.17, 15) is 5.11 Å². The number of phenolic OH excluding ortho intramolecular Hbond substituents is 1. The summed E-state index contributed by atoms with van der Waals surface area (Å²) in [5, 5.41) is 9.47. The van der Waals surface area contributed by atoms with E-state index in [1.54, 1.807) is 18.4 Å². The van der Waals surface area contributed by atoms with Gasteiger partial charge in [-0.3, -0.25) is 0 Å². The summed E-state index contributed by atoms with van der Waals surface area (Å²) in [4.78, 5) is 11.2. The highest BCUT2D eigenvalue weighted by atomic mass is 16.3. The Morgan fingerprint density at radius 3 is 2.54 bits per heavy atom. The van der Waals surface area contributed by atoms with E-state index in [1.807, 2.05) is 37.3 Å². The van der Waals surface area contributed by atoms with E-state index < -0.39 is 0 Å². The fourth-order valence-electron chi connectivity index (χ4n) is 2.59. The molecule has 2 aromatic heterocycles. The first kappa shape index (κ1) is 16.1. The lowest BCUT2D eigenvalue weighted by Gasteiger charge is -2.23. The number of anilines is 1. The molecule has 0 aliphatic heterocycles. The number of nitrogens with zero attached hydrogens (tertiary/aromatic N) is 3. The third kappa shape index (κ3) is 3.93. The van der Waals surface area contributed by atoms with Crippen molar-refractivity contribution in [3.63, 3.8) is 0 Å². The molecule has 0 saturated carbocycles. The summed E-state index contributed by atoms with van der Waals surface area (Å²) in [6.07, 6.45) is 2.54. The quantitative estimate of drug-likeness (QED) is 0.746. The smallest absolute Gasteiger partial charge is 0.133 e. The Morgan fingerprint density at radius 1 is 1.08 bits per heavy atom. The van der Waals surface area contributed by atoms with Gasteiger partial charge in [0.25, 0.3) is 0 Å². The van der Waals surface area contributed by atoms with Crippen LogP contribution in [0.25, 0.3) is 0 Å². The van der Waals surface area contributed by atoms with E-state index in [0.29, 0.717) is 13.1 Å². The minimum absolute atomic E-state index is 0.266. The van der Waals surface area contributed by atoms with Gasteiger partial charge in [-0.2, -0.15) is 0 Å². The average Bonchev–Trinajstić information content (AvgIpc) is 3.08. The van der Waals surface area contributed by atoms with E-state index in [-0.39, 0.29) is 5.75 Å². The van der Waals surface area contributed by atoms with E-state index in [4.69, 9.17) is 4.42 Å². The topological polar surface area (TPSA) is 62.4 Å². The van der Waals surface area contributed by atoms with Gasteiger partial charge >= 0.3 is 0 Å². The van der Waals surface area contributed by atoms with Gasteiger partial charge in [-0.25, -0.2) is 9.97 Å². The van der Waals surface area contributed by atoms with Gasteiger partial charge < -0.3 is 14.4 Å². The molecule has 0 saturated heterocycles. The predicted molar refractivity (Wildman–Crippen MR) is 92.8 cm³/mol. The number of aryl methyl sites for hydroxylation is 2. The SMILES string of the molecule is CCc1cc(N(Cc2ccc(O)cc2)Cc2ccco2)nc(C)n1. The Hall–Kier alpha value is -2.82. The Bertz CT molecular complexity index is 783. The fourth-order valence-corrected chi connectivity index (χ4v) is 2.59. The van der Waals surface area contributed by atoms with Crippen LogP contribution in [0.1, 0.15) is 29.8 Å². The van der Waals surface area contributed by atoms with E-state index in [1.165, 1.54) is 0 Å². The summed E-state index contributed by atoms with van der Waals surface area (Å²) >= 11 is 0. The Kier molecular flexibility index (Phi) is 4.79. The average molecular weight is 323 g/mol. The zero-order valence-electron chi connectivity index (χ0n) is 13.9. The van der Waals surface area contributed by atoms with Gasteiger partial charge in [-0.05, 0) is 43.2 Å². The van der Waals surface area contributed by atoms with E-state index in [0.717, 1.165) is 35.1 Å². The fraction of sp³-hybridized carbons (Fsp3) is 0.263. The minimum atomic E-state index is 0.266. The van der Waals surface area contributed by atoms with Gasteiger partial charge in [-0.1, -0.05) is 19.1 Å². The van der Waals surface area contributed by atoms with E-state index >= 15 is 0 Å². The molecule has 0 fully saturated rings. The van der Waals surface area contributed by atoms with Crippen molar-refractivity contribution in [1.82, 2.24) is 9.97 Å². The number of furan rings is 1. The Morgan fingerprint density at radius 2 is 1.88 bits per heavy atom. The molecule has 5 heteroatoms. The van der Waals surface area contributed by atoms with Crippen LogP contribution in [0.15, 0.2) is 53.1 Å². The van der Waals surface area contributed by atoms with Gasteiger partial charge in [0.05, 0.1) is 12.8 Å². The number of benzene rings is 1. The van der Waals surface area contributed by atoms with Crippen molar-refractivity contribution in [2.75, 3.05) is 4.90 Å². The summed E-state index contributed by atoms with van der Waals surface area (Å²) in [5.74, 6) is 2.79. The highest BCUT2D eigenvalue weighted by Crippen LogP contribution is 2.21. The van der Waals surface area contributed by atoms with Gasteiger partial charge in [0.15, 0.2) is 0 Å². The number of phenols is 1. The lowest BCUT2D eigenvalue weighted by Crippen LogP contribution is -2.23. The zero-order chi connectivity index (χ0) is 16.9. The van der Waals surface area contributed by atoms with Gasteiger partial charge in [0.2, 0.25) is 0 Å². The number of aromatic hydroxyl groups is 1. The zero-order valence-corrected chi connectivity index (χ0v) is 13.9. The van der Waals surface area contributed by atoms with Crippen molar-refractivity contribution in [2.45, 2.75) is 33.4 Å². The molecule has 0 spiro atoms. The number of hydrogen-bond donors (Lipinski definition) is 1. The number of rotatable bonds is 6. The van der Waals surface area contributed by atoms with E-state index in [2.05, 4.69) is 21.8 Å². The minimum Gasteiger partial charge on any atom is -0.508 e. The van der Waals surface area contributed by atoms with Crippen molar-refractivity contribution >= 4 is 5.82 Å². The molecule has 5 nitrogen and oxygen atoms in total. The Labute approximate surface area is 141 Å². The molecule has 0 radical (unpaired) electrons. The maximum absolute atomic E-state index is 9.47. The van der Waals surface area contributed by atoms with Crippen molar-refractivity contribution in [3.8, 4) is 5.75 Å². The molecular weight excluding hydrogens is 302 g/mol. The van der Waals surface area contributed by atoms with Crippen molar-refractivity contribution in [3.05, 3.63) is 71.6 Å². The molecular formula is C19H21N3O2.